The van der Waals surface area contributed by atoms with E-state index < -0.39 is 16.6 Å². The molecule has 2 rings (SSSR count). The first-order chi connectivity index (χ1) is 8.08. The molecule has 0 heterocycles. The Morgan fingerprint density at radius 1 is 1.41 bits per heavy atom. The highest BCUT2D eigenvalue weighted by Gasteiger charge is 2.25. The third kappa shape index (κ3) is 2.86. The summed E-state index contributed by atoms with van der Waals surface area (Å²) in [6, 6.07) is 4.48. The molecule has 0 bridgehead atoms. The molecule has 3 atom stereocenters. The van der Waals surface area contributed by atoms with Crippen molar-refractivity contribution >= 4 is 16.5 Å². The first-order valence-corrected chi connectivity index (χ1v) is 7.25. The molecule has 0 radical (unpaired) electrons. The van der Waals surface area contributed by atoms with Gasteiger partial charge in [0.1, 0.15) is 5.82 Å². The average Bonchev–Trinajstić information content (AvgIpc) is 2.32. The number of hydrogen-bond acceptors (Lipinski definition) is 2. The zero-order valence-corrected chi connectivity index (χ0v) is 10.8. The van der Waals surface area contributed by atoms with Crippen LogP contribution in [0.2, 0.25) is 0 Å². The van der Waals surface area contributed by atoms with Gasteiger partial charge in [-0.3, -0.25) is 4.21 Å². The van der Waals surface area contributed by atoms with Gasteiger partial charge in [0.2, 0.25) is 0 Å². The summed E-state index contributed by atoms with van der Waals surface area (Å²) in [7, 11) is -1.10. The number of benzene rings is 1. The summed E-state index contributed by atoms with van der Waals surface area (Å²) >= 11 is 0. The van der Waals surface area contributed by atoms with Gasteiger partial charge in [-0.25, -0.2) is 4.39 Å². The predicted octanol–water partition coefficient (Wildman–Crippen LogP) is 3.09. The van der Waals surface area contributed by atoms with Crippen LogP contribution >= 0.6 is 0 Å². The second-order valence-electron chi connectivity index (χ2n) is 4.87. The van der Waals surface area contributed by atoms with Crippen molar-refractivity contribution in [1.82, 2.24) is 0 Å². The number of halogens is 1. The highest BCUT2D eigenvalue weighted by atomic mass is 32.2. The number of anilines is 1. The highest BCUT2D eigenvalue weighted by molar-refractivity contribution is 7.85. The van der Waals surface area contributed by atoms with Gasteiger partial charge in [-0.2, -0.15) is 0 Å². The fraction of sp³-hybridized carbons (Fsp3) is 0.538. The second-order valence-corrected chi connectivity index (χ2v) is 6.61. The molecule has 0 saturated heterocycles. The molecule has 3 unspecified atom stereocenters. The molecule has 4 heteroatoms. The first kappa shape index (κ1) is 12.6. The maximum absolute atomic E-state index is 13.3. The minimum Gasteiger partial charge on any atom is -0.396 e. The van der Waals surface area contributed by atoms with Crippen LogP contribution in [0.15, 0.2) is 23.1 Å². The predicted molar refractivity (Wildman–Crippen MR) is 68.6 cm³/mol. The number of rotatable bonds is 2. The summed E-state index contributed by atoms with van der Waals surface area (Å²) in [5.41, 5.74) is 5.53. The zero-order chi connectivity index (χ0) is 12.4. The van der Waals surface area contributed by atoms with E-state index in [1.54, 1.807) is 6.07 Å². The van der Waals surface area contributed by atoms with Crippen LogP contribution in [0.5, 0.6) is 0 Å². The minimum atomic E-state index is -1.10. The maximum atomic E-state index is 13.3. The zero-order valence-electron chi connectivity index (χ0n) is 9.99. The van der Waals surface area contributed by atoms with Gasteiger partial charge in [0.15, 0.2) is 0 Å². The summed E-state index contributed by atoms with van der Waals surface area (Å²) in [6.45, 7) is 2.19. The van der Waals surface area contributed by atoms with E-state index in [2.05, 4.69) is 6.92 Å². The number of hydrogen-bond donors (Lipinski definition) is 1. The van der Waals surface area contributed by atoms with Gasteiger partial charge in [-0.15, -0.1) is 0 Å². The number of nitrogens with two attached hydrogens (primary N) is 1. The molecule has 0 aromatic heterocycles. The lowest BCUT2D eigenvalue weighted by atomic mass is 9.91. The molecule has 1 fully saturated rings. The van der Waals surface area contributed by atoms with Gasteiger partial charge in [0.05, 0.1) is 16.5 Å². The van der Waals surface area contributed by atoms with Crippen LogP contribution in [0.25, 0.3) is 0 Å². The van der Waals surface area contributed by atoms with E-state index in [9.17, 15) is 8.60 Å². The molecule has 1 aliphatic rings. The number of nitrogen functional groups attached to an aromatic ring is 1. The van der Waals surface area contributed by atoms with E-state index in [0.29, 0.717) is 10.8 Å². The third-order valence-electron chi connectivity index (χ3n) is 3.40. The van der Waals surface area contributed by atoms with Crippen LogP contribution in [-0.2, 0) is 10.8 Å². The monoisotopic (exact) mass is 255 g/mol. The van der Waals surface area contributed by atoms with Crippen molar-refractivity contribution in [2.75, 3.05) is 5.73 Å². The molecule has 17 heavy (non-hydrogen) atoms. The quantitative estimate of drug-likeness (QED) is 0.825. The summed E-state index contributed by atoms with van der Waals surface area (Å²) in [6.07, 6.45) is 4.28. The molecule has 2 N–H and O–H groups in total. The van der Waals surface area contributed by atoms with Crippen molar-refractivity contribution in [3.8, 4) is 0 Å². The molecule has 1 aromatic rings. The van der Waals surface area contributed by atoms with Crippen molar-refractivity contribution in [3.63, 3.8) is 0 Å². The van der Waals surface area contributed by atoms with Crippen molar-refractivity contribution in [3.05, 3.63) is 24.0 Å². The smallest absolute Gasteiger partial charge is 0.147 e. The van der Waals surface area contributed by atoms with E-state index in [0.717, 1.165) is 19.3 Å². The van der Waals surface area contributed by atoms with Gasteiger partial charge in [0.25, 0.3) is 0 Å². The van der Waals surface area contributed by atoms with Crippen molar-refractivity contribution in [1.29, 1.82) is 0 Å². The lowest BCUT2D eigenvalue weighted by Crippen LogP contribution is -2.23. The van der Waals surface area contributed by atoms with Gasteiger partial charge < -0.3 is 5.73 Å². The Kier molecular flexibility index (Phi) is 3.82. The van der Waals surface area contributed by atoms with Crippen LogP contribution in [0.4, 0.5) is 10.1 Å². The summed E-state index contributed by atoms with van der Waals surface area (Å²) in [4.78, 5) is 0.566. The Balaban J connectivity index is 2.15. The molecule has 0 amide bonds. The van der Waals surface area contributed by atoms with Crippen LogP contribution < -0.4 is 5.73 Å². The van der Waals surface area contributed by atoms with Gasteiger partial charge in [-0.1, -0.05) is 19.8 Å². The Labute approximate surface area is 104 Å². The van der Waals surface area contributed by atoms with Crippen molar-refractivity contribution in [2.24, 2.45) is 5.92 Å². The molecule has 0 spiro atoms. The summed E-state index contributed by atoms with van der Waals surface area (Å²) < 4.78 is 25.6. The second kappa shape index (κ2) is 5.17. The van der Waals surface area contributed by atoms with E-state index in [1.807, 2.05) is 0 Å². The molecule has 1 saturated carbocycles. The lowest BCUT2D eigenvalue weighted by molar-refractivity contribution is 0.389. The van der Waals surface area contributed by atoms with Crippen molar-refractivity contribution in [2.45, 2.75) is 42.8 Å². The SMILES string of the molecule is CC1CCCC(S(=O)c2ccc(N)c(F)c2)C1. The van der Waals surface area contributed by atoms with Crippen molar-refractivity contribution < 1.29 is 8.60 Å². The van der Waals surface area contributed by atoms with E-state index in [4.69, 9.17) is 5.73 Å². The van der Waals surface area contributed by atoms with E-state index in [-0.39, 0.29) is 10.9 Å². The van der Waals surface area contributed by atoms with E-state index >= 15 is 0 Å². The fourth-order valence-corrected chi connectivity index (χ4v) is 4.09. The first-order valence-electron chi connectivity index (χ1n) is 6.03. The van der Waals surface area contributed by atoms with E-state index in [1.165, 1.54) is 18.6 Å². The Morgan fingerprint density at radius 2 is 2.18 bits per heavy atom. The Bertz CT molecular complexity index is 435. The summed E-state index contributed by atoms with van der Waals surface area (Å²) in [5.74, 6) is 0.149. The third-order valence-corrected chi connectivity index (χ3v) is 5.15. The van der Waals surface area contributed by atoms with Gasteiger partial charge in [-0.05, 0) is 37.0 Å². The van der Waals surface area contributed by atoms with Crippen LogP contribution in [0, 0.1) is 11.7 Å². The molecular formula is C13H18FNOS. The molecule has 1 aromatic carbocycles. The largest absolute Gasteiger partial charge is 0.396 e. The maximum Gasteiger partial charge on any atom is 0.147 e. The molecule has 0 aliphatic heterocycles. The minimum absolute atomic E-state index is 0.114. The molecule has 2 nitrogen and oxygen atoms in total. The average molecular weight is 255 g/mol. The summed E-state index contributed by atoms with van der Waals surface area (Å²) in [5, 5.41) is 0.168. The topological polar surface area (TPSA) is 43.1 Å². The highest BCUT2D eigenvalue weighted by Crippen LogP contribution is 2.30. The Hall–Kier alpha value is -0.900. The van der Waals surface area contributed by atoms with Crippen LogP contribution in [-0.4, -0.2) is 9.46 Å². The van der Waals surface area contributed by atoms with Crippen LogP contribution in [0.3, 0.4) is 0 Å². The lowest BCUT2D eigenvalue weighted by Gasteiger charge is -2.26. The van der Waals surface area contributed by atoms with Gasteiger partial charge in [0, 0.05) is 10.1 Å². The fourth-order valence-electron chi connectivity index (χ4n) is 2.40. The molecular weight excluding hydrogens is 237 g/mol. The molecule has 1 aliphatic carbocycles. The molecule has 94 valence electrons. The van der Waals surface area contributed by atoms with Crippen LogP contribution in [0.1, 0.15) is 32.6 Å². The van der Waals surface area contributed by atoms with Gasteiger partial charge >= 0.3 is 0 Å². The Morgan fingerprint density at radius 3 is 2.82 bits per heavy atom. The normalized spacial score (nSPS) is 26.7. The standard InChI is InChI=1S/C13H18FNOS/c1-9-3-2-4-10(7-9)17(16)11-5-6-13(15)12(14)8-11/h5-6,8-10H,2-4,7,15H2,1H3.